The molecule has 6 nitrogen and oxygen atoms in total. The minimum atomic E-state index is -0.794. The minimum absolute atomic E-state index is 0.0290. The van der Waals surface area contributed by atoms with Crippen LogP contribution in [0.3, 0.4) is 0 Å². The molecular formula is C20H15FN2O4. The molecule has 1 heterocycles. The molecule has 0 radical (unpaired) electrons. The molecule has 4 rings (SSSR count). The largest absolute Gasteiger partial charge is 0.508 e. The molecule has 3 aromatic carbocycles. The van der Waals surface area contributed by atoms with Crippen LogP contribution in [0.1, 0.15) is 17.0 Å². The van der Waals surface area contributed by atoms with Crippen molar-refractivity contribution in [1.82, 2.24) is 5.32 Å². The third-order valence-corrected chi connectivity index (χ3v) is 4.64. The van der Waals surface area contributed by atoms with Crippen LogP contribution in [0.2, 0.25) is 0 Å². The van der Waals surface area contributed by atoms with Gasteiger partial charge in [0.15, 0.2) is 0 Å². The molecule has 1 atom stereocenters. The van der Waals surface area contributed by atoms with E-state index in [4.69, 9.17) is 4.74 Å². The van der Waals surface area contributed by atoms with Crippen molar-refractivity contribution in [3.05, 3.63) is 93.2 Å². The van der Waals surface area contributed by atoms with Gasteiger partial charge in [0.1, 0.15) is 23.2 Å². The van der Waals surface area contributed by atoms with Crippen LogP contribution in [0, 0.1) is 15.9 Å². The molecule has 136 valence electrons. The summed E-state index contributed by atoms with van der Waals surface area (Å²) in [6, 6.07) is 14.0. The van der Waals surface area contributed by atoms with Gasteiger partial charge in [0.05, 0.1) is 4.92 Å². The Morgan fingerprint density at radius 1 is 1.15 bits per heavy atom. The van der Waals surface area contributed by atoms with Crippen LogP contribution in [0.4, 0.5) is 4.39 Å². The summed E-state index contributed by atoms with van der Waals surface area (Å²) in [5.41, 5.74) is 0.935. The number of nitrogens with zero attached hydrogens (tertiary/aromatic N) is 1. The number of hydrogen-bond acceptors (Lipinski definition) is 5. The molecule has 1 aliphatic rings. The predicted molar refractivity (Wildman–Crippen MR) is 97.6 cm³/mol. The zero-order valence-electron chi connectivity index (χ0n) is 14.3. The topological polar surface area (TPSA) is 84.6 Å². The van der Waals surface area contributed by atoms with Crippen molar-refractivity contribution in [2.24, 2.45) is 0 Å². The summed E-state index contributed by atoms with van der Waals surface area (Å²) in [6.45, 7) is 0. The Bertz CT molecular complexity index is 1090. The van der Waals surface area contributed by atoms with Gasteiger partial charge in [0.2, 0.25) is 0 Å². The van der Waals surface area contributed by atoms with Crippen molar-refractivity contribution in [2.75, 3.05) is 7.05 Å². The summed E-state index contributed by atoms with van der Waals surface area (Å²) in [5.74, 6) is -0.710. The second-order valence-corrected chi connectivity index (χ2v) is 6.19. The Hall–Kier alpha value is -3.61. The van der Waals surface area contributed by atoms with Crippen molar-refractivity contribution in [3.8, 4) is 11.5 Å². The van der Waals surface area contributed by atoms with Crippen LogP contribution in [0.5, 0.6) is 11.5 Å². The molecule has 27 heavy (non-hydrogen) atoms. The molecule has 0 aliphatic carbocycles. The average Bonchev–Trinajstić information content (AvgIpc) is 2.66. The van der Waals surface area contributed by atoms with Crippen molar-refractivity contribution < 1.29 is 19.2 Å². The van der Waals surface area contributed by atoms with Crippen molar-refractivity contribution >= 4 is 10.8 Å². The first-order chi connectivity index (χ1) is 13.0. The Kier molecular flexibility index (Phi) is 3.92. The standard InChI is InChI=1S/C20H15FN2O4/c1-22-20-19(23(25)26)17(12-2-6-13(21)7-3-12)18-15-10-14(24)8-4-11(15)5-9-16(18)27-20/h2-10,17,22,24H,1H3. The van der Waals surface area contributed by atoms with Crippen molar-refractivity contribution in [2.45, 2.75) is 5.92 Å². The highest BCUT2D eigenvalue weighted by molar-refractivity contribution is 5.90. The van der Waals surface area contributed by atoms with E-state index in [-0.39, 0.29) is 17.3 Å². The zero-order valence-corrected chi connectivity index (χ0v) is 14.3. The molecule has 2 N–H and O–H groups in total. The number of phenols is 1. The Morgan fingerprint density at radius 3 is 2.52 bits per heavy atom. The van der Waals surface area contributed by atoms with E-state index in [0.29, 0.717) is 22.3 Å². The van der Waals surface area contributed by atoms with Crippen molar-refractivity contribution in [1.29, 1.82) is 0 Å². The van der Waals surface area contributed by atoms with E-state index in [0.717, 1.165) is 5.39 Å². The number of benzene rings is 3. The Balaban J connectivity index is 2.08. The maximum atomic E-state index is 13.4. The van der Waals surface area contributed by atoms with Gasteiger partial charge in [-0.1, -0.05) is 24.3 Å². The highest BCUT2D eigenvalue weighted by Gasteiger charge is 2.40. The fourth-order valence-corrected chi connectivity index (χ4v) is 3.47. The number of ether oxygens (including phenoxy) is 1. The van der Waals surface area contributed by atoms with Gasteiger partial charge < -0.3 is 15.2 Å². The zero-order chi connectivity index (χ0) is 19.1. The average molecular weight is 366 g/mol. The fraction of sp³-hybridized carbons (Fsp3) is 0.100. The molecule has 0 saturated heterocycles. The quantitative estimate of drug-likeness (QED) is 0.543. The van der Waals surface area contributed by atoms with Gasteiger partial charge in [-0.15, -0.1) is 0 Å². The summed E-state index contributed by atoms with van der Waals surface area (Å²) >= 11 is 0. The van der Waals surface area contributed by atoms with Crippen LogP contribution in [0.15, 0.2) is 66.2 Å². The Morgan fingerprint density at radius 2 is 1.85 bits per heavy atom. The lowest BCUT2D eigenvalue weighted by atomic mass is 9.83. The fourth-order valence-electron chi connectivity index (χ4n) is 3.47. The lowest BCUT2D eigenvalue weighted by molar-refractivity contribution is -0.432. The second-order valence-electron chi connectivity index (χ2n) is 6.19. The number of nitro groups is 1. The lowest BCUT2D eigenvalue weighted by Crippen LogP contribution is -2.28. The number of aromatic hydroxyl groups is 1. The van der Waals surface area contributed by atoms with Crippen LogP contribution in [-0.4, -0.2) is 17.1 Å². The molecule has 0 bridgehead atoms. The number of rotatable bonds is 3. The van der Waals surface area contributed by atoms with Crippen LogP contribution < -0.4 is 10.1 Å². The first-order valence-corrected chi connectivity index (χ1v) is 8.25. The minimum Gasteiger partial charge on any atom is -0.508 e. The molecule has 0 amide bonds. The first kappa shape index (κ1) is 16.8. The van der Waals surface area contributed by atoms with Gasteiger partial charge in [0.25, 0.3) is 5.88 Å². The molecule has 0 aromatic heterocycles. The second kappa shape index (κ2) is 6.28. The highest BCUT2D eigenvalue weighted by Crippen LogP contribution is 2.46. The summed E-state index contributed by atoms with van der Waals surface area (Å²) < 4.78 is 19.2. The van der Waals surface area contributed by atoms with Crippen LogP contribution in [0.25, 0.3) is 10.8 Å². The summed E-state index contributed by atoms with van der Waals surface area (Å²) in [7, 11) is 1.54. The normalized spacial score (nSPS) is 16.0. The number of halogens is 1. The molecule has 7 heteroatoms. The van der Waals surface area contributed by atoms with E-state index < -0.39 is 16.7 Å². The Labute approximate surface area is 153 Å². The number of hydrogen-bond donors (Lipinski definition) is 2. The summed E-state index contributed by atoms with van der Waals surface area (Å²) in [6.07, 6.45) is 0. The predicted octanol–water partition coefficient (Wildman–Crippen LogP) is 3.87. The van der Waals surface area contributed by atoms with E-state index >= 15 is 0 Å². The summed E-state index contributed by atoms with van der Waals surface area (Å²) in [5, 5.41) is 26.0. The van der Waals surface area contributed by atoms with Crippen LogP contribution in [-0.2, 0) is 0 Å². The maximum Gasteiger partial charge on any atom is 0.317 e. The molecule has 3 aromatic rings. The lowest BCUT2D eigenvalue weighted by Gasteiger charge is -2.27. The molecule has 0 spiro atoms. The molecule has 0 fully saturated rings. The van der Waals surface area contributed by atoms with Crippen molar-refractivity contribution in [3.63, 3.8) is 0 Å². The van der Waals surface area contributed by atoms with Crippen LogP contribution >= 0.6 is 0 Å². The smallest absolute Gasteiger partial charge is 0.317 e. The number of nitrogens with one attached hydrogen (secondary N) is 1. The van der Waals surface area contributed by atoms with E-state index in [1.54, 1.807) is 31.3 Å². The van der Waals surface area contributed by atoms with E-state index in [9.17, 15) is 19.6 Å². The third kappa shape index (κ3) is 2.73. The molecular weight excluding hydrogens is 351 g/mol. The SMILES string of the molecule is CNC1=C([N+](=O)[O-])C(c2ccc(F)cc2)c2c(ccc3ccc(O)cc23)O1. The van der Waals surface area contributed by atoms with Gasteiger partial charge in [-0.2, -0.15) is 0 Å². The molecule has 1 unspecified atom stereocenters. The van der Waals surface area contributed by atoms with Gasteiger partial charge in [-0.3, -0.25) is 10.1 Å². The number of phenolic OH excluding ortho intramolecular Hbond substituents is 1. The summed E-state index contributed by atoms with van der Waals surface area (Å²) in [4.78, 5) is 11.4. The molecule has 1 aliphatic heterocycles. The van der Waals surface area contributed by atoms with E-state index in [2.05, 4.69) is 5.32 Å². The molecule has 0 saturated carbocycles. The van der Waals surface area contributed by atoms with Gasteiger partial charge in [0, 0.05) is 12.6 Å². The monoisotopic (exact) mass is 366 g/mol. The number of allylic oxidation sites excluding steroid dienone is 1. The highest BCUT2D eigenvalue weighted by atomic mass is 19.1. The maximum absolute atomic E-state index is 13.4. The van der Waals surface area contributed by atoms with E-state index in [1.165, 1.54) is 24.3 Å². The van der Waals surface area contributed by atoms with Gasteiger partial charge in [-0.25, -0.2) is 4.39 Å². The first-order valence-electron chi connectivity index (χ1n) is 8.25. The van der Waals surface area contributed by atoms with Gasteiger partial charge in [-0.05, 0) is 46.7 Å². The third-order valence-electron chi connectivity index (χ3n) is 4.64. The van der Waals surface area contributed by atoms with Gasteiger partial charge >= 0.3 is 5.70 Å². The number of fused-ring (bicyclic) bond motifs is 3. The van der Waals surface area contributed by atoms with E-state index in [1.807, 2.05) is 6.07 Å².